The molecular formula is C25H20Cl2N2O4. The highest BCUT2D eigenvalue weighted by molar-refractivity contribution is 6.36. The molecule has 5 rings (SSSR count). The minimum atomic E-state index is -1.20. The molecule has 6 nitrogen and oxygen atoms in total. The first-order valence-corrected chi connectivity index (χ1v) is 11.1. The average Bonchev–Trinajstić information content (AvgIpc) is 3.22. The van der Waals surface area contributed by atoms with Crippen LogP contribution in [0.4, 0.5) is 11.4 Å². The third-order valence-electron chi connectivity index (χ3n) is 6.22. The fourth-order valence-electron chi connectivity index (χ4n) is 4.63. The highest BCUT2D eigenvalue weighted by atomic mass is 35.5. The third-order valence-corrected chi connectivity index (χ3v) is 6.66. The number of amides is 2. The average molecular weight is 483 g/mol. The molecule has 2 amide bonds. The second kappa shape index (κ2) is 8.06. The lowest BCUT2D eigenvalue weighted by Crippen LogP contribution is -2.41. The van der Waals surface area contributed by atoms with Crippen molar-refractivity contribution in [3.05, 3.63) is 88.4 Å². The maximum atomic E-state index is 13.9. The molecule has 3 atom stereocenters. The smallest absolute Gasteiger partial charge is 0.266 e. The summed E-state index contributed by atoms with van der Waals surface area (Å²) in [7, 11) is 1.59. The molecule has 2 aliphatic rings. The Kier molecular flexibility index (Phi) is 5.32. The Morgan fingerprint density at radius 2 is 1.55 bits per heavy atom. The Balaban J connectivity index is 1.64. The first kappa shape index (κ1) is 21.8. The van der Waals surface area contributed by atoms with Gasteiger partial charge in [0.15, 0.2) is 6.10 Å². The number of carbonyl (C=O) groups excluding carboxylic acids is 2. The standard InChI is InChI=1S/C25H20Cl2N2O4/c1-25-21(15-8-10-20(32-2)11-9-15)29(18-6-4-3-5-7-18)33-22(25)23(30)28(24(25)31)19-13-16(26)12-17(27)14-19/h3-14,21-22H,1-2H3. The molecule has 0 aliphatic carbocycles. The first-order valence-electron chi connectivity index (χ1n) is 10.3. The second-order valence-corrected chi connectivity index (χ2v) is 9.08. The van der Waals surface area contributed by atoms with E-state index in [2.05, 4.69) is 0 Å². The van der Waals surface area contributed by atoms with Crippen LogP contribution in [0.5, 0.6) is 5.75 Å². The maximum Gasteiger partial charge on any atom is 0.266 e. The third kappa shape index (κ3) is 3.37. The minimum absolute atomic E-state index is 0.321. The number of fused-ring (bicyclic) bond motifs is 1. The van der Waals surface area contributed by atoms with Crippen LogP contribution in [-0.4, -0.2) is 25.0 Å². The Morgan fingerprint density at radius 3 is 2.15 bits per heavy atom. The van der Waals surface area contributed by atoms with Gasteiger partial charge in [0.05, 0.1) is 24.5 Å². The number of imide groups is 1. The topological polar surface area (TPSA) is 59.1 Å². The van der Waals surface area contributed by atoms with Gasteiger partial charge in [0.25, 0.3) is 5.91 Å². The van der Waals surface area contributed by atoms with Crippen molar-refractivity contribution in [1.82, 2.24) is 0 Å². The Hall–Kier alpha value is -3.06. The molecule has 3 unspecified atom stereocenters. The minimum Gasteiger partial charge on any atom is -0.497 e. The monoisotopic (exact) mass is 482 g/mol. The summed E-state index contributed by atoms with van der Waals surface area (Å²) in [6.45, 7) is 1.77. The van der Waals surface area contributed by atoms with E-state index < -0.39 is 23.5 Å². The van der Waals surface area contributed by atoms with Crippen molar-refractivity contribution in [3.8, 4) is 5.75 Å². The van der Waals surface area contributed by atoms with E-state index in [4.69, 9.17) is 32.8 Å². The van der Waals surface area contributed by atoms with Gasteiger partial charge in [0.1, 0.15) is 11.2 Å². The fourth-order valence-corrected chi connectivity index (χ4v) is 5.14. The summed E-state index contributed by atoms with van der Waals surface area (Å²) < 4.78 is 5.29. The summed E-state index contributed by atoms with van der Waals surface area (Å²) >= 11 is 12.3. The highest BCUT2D eigenvalue weighted by Crippen LogP contribution is 2.55. The number of methoxy groups -OCH3 is 1. The molecule has 0 bridgehead atoms. The summed E-state index contributed by atoms with van der Waals surface area (Å²) in [4.78, 5) is 34.8. The number of anilines is 2. The van der Waals surface area contributed by atoms with Gasteiger partial charge in [0, 0.05) is 10.0 Å². The van der Waals surface area contributed by atoms with Crippen molar-refractivity contribution in [2.75, 3.05) is 17.1 Å². The summed E-state index contributed by atoms with van der Waals surface area (Å²) in [5, 5.41) is 2.32. The van der Waals surface area contributed by atoms with Gasteiger partial charge in [-0.3, -0.25) is 14.4 Å². The zero-order chi connectivity index (χ0) is 23.3. The lowest BCUT2D eigenvalue weighted by molar-refractivity contribution is -0.128. The number of ether oxygens (including phenoxy) is 1. The van der Waals surface area contributed by atoms with Gasteiger partial charge in [0.2, 0.25) is 5.91 Å². The lowest BCUT2D eigenvalue weighted by atomic mass is 9.76. The van der Waals surface area contributed by atoms with E-state index >= 15 is 0 Å². The van der Waals surface area contributed by atoms with E-state index in [1.807, 2.05) is 54.6 Å². The Labute approximate surface area is 201 Å². The van der Waals surface area contributed by atoms with Crippen LogP contribution in [0, 0.1) is 5.41 Å². The van der Waals surface area contributed by atoms with Crippen molar-refractivity contribution in [3.63, 3.8) is 0 Å². The van der Waals surface area contributed by atoms with E-state index in [0.717, 1.165) is 16.2 Å². The molecule has 8 heteroatoms. The number of halogens is 2. The number of hydroxylamine groups is 1. The van der Waals surface area contributed by atoms with Crippen LogP contribution in [0.15, 0.2) is 72.8 Å². The highest BCUT2D eigenvalue weighted by Gasteiger charge is 2.68. The Morgan fingerprint density at radius 1 is 0.909 bits per heavy atom. The molecule has 168 valence electrons. The van der Waals surface area contributed by atoms with Crippen molar-refractivity contribution >= 4 is 46.4 Å². The fraction of sp³-hybridized carbons (Fsp3) is 0.200. The van der Waals surface area contributed by atoms with Crippen LogP contribution in [0.3, 0.4) is 0 Å². The molecule has 0 radical (unpaired) electrons. The van der Waals surface area contributed by atoms with Gasteiger partial charge < -0.3 is 4.74 Å². The summed E-state index contributed by atoms with van der Waals surface area (Å²) in [5.41, 5.74) is 0.682. The van der Waals surface area contributed by atoms with E-state index in [1.54, 1.807) is 37.3 Å². The van der Waals surface area contributed by atoms with Gasteiger partial charge in [-0.05, 0) is 55.0 Å². The van der Waals surface area contributed by atoms with E-state index in [1.165, 1.54) is 0 Å². The number of carbonyl (C=O) groups is 2. The second-order valence-electron chi connectivity index (χ2n) is 8.21. The molecule has 2 aliphatic heterocycles. The van der Waals surface area contributed by atoms with Crippen molar-refractivity contribution in [1.29, 1.82) is 0 Å². The quantitative estimate of drug-likeness (QED) is 0.463. The molecular weight excluding hydrogens is 463 g/mol. The van der Waals surface area contributed by atoms with E-state index in [9.17, 15) is 9.59 Å². The summed E-state index contributed by atoms with van der Waals surface area (Å²) in [6, 6.07) is 20.9. The number of para-hydroxylation sites is 1. The van der Waals surface area contributed by atoms with Gasteiger partial charge in [-0.1, -0.05) is 53.5 Å². The zero-order valence-electron chi connectivity index (χ0n) is 17.9. The van der Waals surface area contributed by atoms with E-state index in [-0.39, 0.29) is 5.91 Å². The molecule has 0 saturated carbocycles. The summed E-state index contributed by atoms with van der Waals surface area (Å²) in [6.07, 6.45) is -1.02. The molecule has 0 aromatic heterocycles. The maximum absolute atomic E-state index is 13.9. The lowest BCUT2D eigenvalue weighted by Gasteiger charge is -2.32. The van der Waals surface area contributed by atoms with Gasteiger partial charge in [-0.15, -0.1) is 0 Å². The van der Waals surface area contributed by atoms with E-state index in [0.29, 0.717) is 21.5 Å². The number of benzene rings is 3. The Bertz CT molecular complexity index is 1210. The largest absolute Gasteiger partial charge is 0.497 e. The molecule has 3 aromatic rings. The number of nitrogens with zero attached hydrogens (tertiary/aromatic N) is 2. The van der Waals surface area contributed by atoms with Gasteiger partial charge in [-0.2, -0.15) is 0 Å². The van der Waals surface area contributed by atoms with Crippen LogP contribution < -0.4 is 14.7 Å². The number of rotatable bonds is 4. The molecule has 3 aromatic carbocycles. The van der Waals surface area contributed by atoms with Crippen LogP contribution in [-0.2, 0) is 14.4 Å². The molecule has 0 N–H and O–H groups in total. The van der Waals surface area contributed by atoms with Crippen LogP contribution in [0.25, 0.3) is 0 Å². The molecule has 2 saturated heterocycles. The zero-order valence-corrected chi connectivity index (χ0v) is 19.4. The molecule has 2 heterocycles. The normalized spacial score (nSPS) is 24.4. The number of hydrogen-bond acceptors (Lipinski definition) is 5. The van der Waals surface area contributed by atoms with Gasteiger partial charge in [-0.25, -0.2) is 9.96 Å². The molecule has 33 heavy (non-hydrogen) atoms. The summed E-state index contributed by atoms with van der Waals surface area (Å²) in [5.74, 6) is -0.150. The van der Waals surface area contributed by atoms with Gasteiger partial charge >= 0.3 is 0 Å². The predicted octanol–water partition coefficient (Wildman–Crippen LogP) is 5.44. The number of hydrogen-bond donors (Lipinski definition) is 0. The molecule has 2 fully saturated rings. The van der Waals surface area contributed by atoms with Crippen molar-refractivity contribution in [2.24, 2.45) is 5.41 Å². The van der Waals surface area contributed by atoms with Crippen LogP contribution in [0.2, 0.25) is 10.0 Å². The van der Waals surface area contributed by atoms with Crippen LogP contribution >= 0.6 is 23.2 Å². The molecule has 0 spiro atoms. The van der Waals surface area contributed by atoms with Crippen LogP contribution in [0.1, 0.15) is 18.5 Å². The van der Waals surface area contributed by atoms with Crippen molar-refractivity contribution < 1.29 is 19.2 Å². The first-order chi connectivity index (χ1) is 15.8. The SMILES string of the molecule is COc1ccc(C2N(c3ccccc3)OC3C(=O)N(c4cc(Cl)cc(Cl)c4)C(=O)C32C)cc1. The van der Waals surface area contributed by atoms with Crippen molar-refractivity contribution in [2.45, 2.75) is 19.1 Å². The predicted molar refractivity (Wildman–Crippen MR) is 127 cm³/mol.